The van der Waals surface area contributed by atoms with Crippen LogP contribution in [0.4, 0.5) is 0 Å². The number of methoxy groups -OCH3 is 1. The third-order valence-electron chi connectivity index (χ3n) is 4.85. The van der Waals surface area contributed by atoms with Gasteiger partial charge < -0.3 is 24.8 Å². The van der Waals surface area contributed by atoms with Gasteiger partial charge in [0.2, 0.25) is 0 Å². The minimum Gasteiger partial charge on any atom is -0.508 e. The number of rotatable bonds is 11. The van der Waals surface area contributed by atoms with Gasteiger partial charge in [0.25, 0.3) is 0 Å². The molecule has 0 radical (unpaired) electrons. The van der Waals surface area contributed by atoms with Crippen LogP contribution in [0.25, 0.3) is 11.1 Å². The van der Waals surface area contributed by atoms with Crippen molar-refractivity contribution in [1.82, 2.24) is 0 Å². The van der Waals surface area contributed by atoms with E-state index >= 15 is 0 Å². The number of benzene rings is 2. The fourth-order valence-corrected chi connectivity index (χ4v) is 3.42. The van der Waals surface area contributed by atoms with Crippen LogP contribution in [0.15, 0.2) is 30.3 Å². The van der Waals surface area contributed by atoms with Crippen LogP contribution in [0, 0.1) is 0 Å². The summed E-state index contributed by atoms with van der Waals surface area (Å²) >= 11 is 0. The van der Waals surface area contributed by atoms with Gasteiger partial charge in [-0.1, -0.05) is 31.2 Å². The molecule has 0 aliphatic carbocycles. The van der Waals surface area contributed by atoms with Gasteiger partial charge in [-0.15, -0.1) is 0 Å². The largest absolute Gasteiger partial charge is 0.508 e. The molecule has 154 valence electrons. The molecule has 0 amide bonds. The van der Waals surface area contributed by atoms with E-state index in [1.165, 1.54) is 6.07 Å². The molecule has 2 aromatic carbocycles. The van der Waals surface area contributed by atoms with E-state index in [-0.39, 0.29) is 17.6 Å². The summed E-state index contributed by atoms with van der Waals surface area (Å²) in [4.78, 5) is 0. The van der Waals surface area contributed by atoms with Crippen molar-refractivity contribution < 1.29 is 24.8 Å². The van der Waals surface area contributed by atoms with Crippen LogP contribution >= 0.6 is 0 Å². The summed E-state index contributed by atoms with van der Waals surface area (Å²) < 4.78 is 10.6. The van der Waals surface area contributed by atoms with Crippen LogP contribution in [-0.4, -0.2) is 48.4 Å². The van der Waals surface area contributed by atoms with Gasteiger partial charge in [-0.2, -0.15) is 0 Å². The summed E-state index contributed by atoms with van der Waals surface area (Å²) in [6.45, 7) is 5.29. The van der Waals surface area contributed by atoms with Gasteiger partial charge in [0.1, 0.15) is 11.5 Å². The summed E-state index contributed by atoms with van der Waals surface area (Å²) in [5, 5.41) is 30.5. The third kappa shape index (κ3) is 5.96. The molecule has 2 aromatic rings. The van der Waals surface area contributed by atoms with E-state index < -0.39 is 0 Å². The Morgan fingerprint density at radius 1 is 0.964 bits per heavy atom. The minimum absolute atomic E-state index is 0.0641. The Morgan fingerprint density at radius 3 is 2.43 bits per heavy atom. The lowest BCUT2D eigenvalue weighted by atomic mass is 9.89. The first-order valence-electron chi connectivity index (χ1n) is 9.88. The topological polar surface area (TPSA) is 79.2 Å². The van der Waals surface area contributed by atoms with E-state index in [1.807, 2.05) is 31.2 Å². The van der Waals surface area contributed by atoms with Gasteiger partial charge in [0.05, 0.1) is 25.9 Å². The fourth-order valence-electron chi connectivity index (χ4n) is 3.42. The minimum atomic E-state index is -0.350. The smallest absolute Gasteiger partial charge is 0.127 e. The molecule has 5 nitrogen and oxygen atoms in total. The molecule has 0 aromatic heterocycles. The van der Waals surface area contributed by atoms with Gasteiger partial charge in [0, 0.05) is 18.7 Å². The summed E-state index contributed by atoms with van der Waals surface area (Å²) in [5.74, 6) is 0.176. The maximum Gasteiger partial charge on any atom is 0.127 e. The zero-order chi connectivity index (χ0) is 20.5. The lowest BCUT2D eigenvalue weighted by Gasteiger charge is -2.18. The summed E-state index contributed by atoms with van der Waals surface area (Å²) in [6, 6.07) is 9.42. The zero-order valence-electron chi connectivity index (χ0n) is 17.1. The lowest BCUT2D eigenvalue weighted by molar-refractivity contribution is 0.0722. The predicted molar refractivity (Wildman–Crippen MR) is 111 cm³/mol. The molecule has 1 unspecified atom stereocenters. The van der Waals surface area contributed by atoms with E-state index in [1.54, 1.807) is 14.0 Å². The number of hydrogen-bond acceptors (Lipinski definition) is 5. The van der Waals surface area contributed by atoms with E-state index in [4.69, 9.17) is 9.47 Å². The molecule has 0 saturated heterocycles. The normalized spacial score (nSPS) is 12.3. The number of aryl methyl sites for hydroxylation is 1. The number of aliphatic hydroxyl groups excluding tert-OH is 1. The number of phenolic OH excluding ortho intramolecular Hbond substituents is 2. The average Bonchev–Trinajstić information content (AvgIpc) is 2.66. The molecular formula is C23H32O5. The van der Waals surface area contributed by atoms with Gasteiger partial charge in [-0.05, 0) is 54.9 Å². The van der Waals surface area contributed by atoms with Crippen molar-refractivity contribution in [2.45, 2.75) is 45.6 Å². The Kier molecular flexibility index (Phi) is 8.77. The van der Waals surface area contributed by atoms with Crippen molar-refractivity contribution in [3.05, 3.63) is 47.0 Å². The highest BCUT2D eigenvalue weighted by molar-refractivity contribution is 5.77. The van der Waals surface area contributed by atoms with Gasteiger partial charge in [0.15, 0.2) is 0 Å². The average molecular weight is 389 g/mol. The molecule has 2 rings (SSSR count). The Hall–Kier alpha value is -2.08. The SMILES string of the molecule is CCc1c(O)cc(O)c(-c2cccc(CCC(C)O)c2)c1CCOCCOC. The van der Waals surface area contributed by atoms with Gasteiger partial charge in [-0.3, -0.25) is 0 Å². The second-order valence-corrected chi connectivity index (χ2v) is 7.04. The number of aliphatic hydroxyl groups is 1. The third-order valence-corrected chi connectivity index (χ3v) is 4.85. The second-order valence-electron chi connectivity index (χ2n) is 7.04. The number of aromatic hydroxyl groups is 2. The first-order chi connectivity index (χ1) is 13.5. The summed E-state index contributed by atoms with van der Waals surface area (Å²) in [7, 11) is 1.63. The lowest BCUT2D eigenvalue weighted by Crippen LogP contribution is -2.08. The van der Waals surface area contributed by atoms with Crippen LogP contribution in [0.2, 0.25) is 0 Å². The molecule has 0 aliphatic rings. The number of hydrogen-bond donors (Lipinski definition) is 3. The Morgan fingerprint density at radius 2 is 1.75 bits per heavy atom. The van der Waals surface area contributed by atoms with Crippen LogP contribution in [0.3, 0.4) is 0 Å². The van der Waals surface area contributed by atoms with Gasteiger partial charge in [-0.25, -0.2) is 0 Å². The van der Waals surface area contributed by atoms with Crippen LogP contribution < -0.4 is 0 Å². The Bertz CT molecular complexity index is 755. The first-order valence-corrected chi connectivity index (χ1v) is 9.88. The van der Waals surface area contributed by atoms with E-state index in [2.05, 4.69) is 0 Å². The molecule has 0 spiro atoms. The van der Waals surface area contributed by atoms with Crippen molar-refractivity contribution in [2.24, 2.45) is 0 Å². The molecule has 0 fully saturated rings. The summed E-state index contributed by atoms with van der Waals surface area (Å²) in [6.07, 6.45) is 2.35. The molecule has 0 bridgehead atoms. The van der Waals surface area contributed by atoms with Crippen molar-refractivity contribution in [2.75, 3.05) is 26.9 Å². The standard InChI is InChI=1S/C23H32O5/c1-4-19-20(10-11-28-13-12-27-3)23(22(26)15-21(19)25)18-7-5-6-17(14-18)9-8-16(2)24/h5-7,14-16,24-26H,4,8-13H2,1-3H3. The van der Waals surface area contributed by atoms with Crippen molar-refractivity contribution in [1.29, 1.82) is 0 Å². The first kappa shape index (κ1) is 22.2. The van der Waals surface area contributed by atoms with Crippen LogP contribution in [0.5, 0.6) is 11.5 Å². The van der Waals surface area contributed by atoms with Crippen molar-refractivity contribution in [3.63, 3.8) is 0 Å². The highest BCUT2D eigenvalue weighted by Gasteiger charge is 2.18. The molecule has 0 aliphatic heterocycles. The predicted octanol–water partition coefficient (Wildman–Crippen LogP) is 3.85. The fraction of sp³-hybridized carbons (Fsp3) is 0.478. The summed E-state index contributed by atoms with van der Waals surface area (Å²) in [5.41, 5.74) is 4.49. The number of phenols is 2. The number of ether oxygens (including phenoxy) is 2. The molecule has 0 saturated carbocycles. The molecule has 28 heavy (non-hydrogen) atoms. The van der Waals surface area contributed by atoms with Crippen LogP contribution in [-0.2, 0) is 28.7 Å². The molecule has 3 N–H and O–H groups in total. The quantitative estimate of drug-likeness (QED) is 0.510. The van der Waals surface area contributed by atoms with E-state index in [0.717, 1.165) is 34.2 Å². The molecule has 1 atom stereocenters. The molecular weight excluding hydrogens is 356 g/mol. The zero-order valence-corrected chi connectivity index (χ0v) is 17.1. The monoisotopic (exact) mass is 388 g/mol. The van der Waals surface area contributed by atoms with E-state index in [0.29, 0.717) is 39.1 Å². The maximum absolute atomic E-state index is 10.6. The van der Waals surface area contributed by atoms with E-state index in [9.17, 15) is 15.3 Å². The van der Waals surface area contributed by atoms with Gasteiger partial charge >= 0.3 is 0 Å². The van der Waals surface area contributed by atoms with Crippen molar-refractivity contribution >= 4 is 0 Å². The molecule has 0 heterocycles. The highest BCUT2D eigenvalue weighted by atomic mass is 16.5. The Labute approximate surface area is 167 Å². The molecule has 5 heteroatoms. The Balaban J connectivity index is 2.37. The maximum atomic E-state index is 10.6. The highest BCUT2D eigenvalue weighted by Crippen LogP contribution is 2.40. The second kappa shape index (κ2) is 11.1. The van der Waals surface area contributed by atoms with Crippen molar-refractivity contribution in [3.8, 4) is 22.6 Å². The van der Waals surface area contributed by atoms with Crippen LogP contribution in [0.1, 0.15) is 37.0 Å².